The van der Waals surface area contributed by atoms with Crippen molar-refractivity contribution in [3.63, 3.8) is 0 Å². The molecule has 1 N–H and O–H groups in total. The fourth-order valence-electron chi connectivity index (χ4n) is 2.64. The van der Waals surface area contributed by atoms with Gasteiger partial charge in [-0.15, -0.1) is 22.0 Å². The van der Waals surface area contributed by atoms with E-state index in [0.717, 1.165) is 5.69 Å². The van der Waals surface area contributed by atoms with Gasteiger partial charge in [0.15, 0.2) is 5.16 Å². The Balaban J connectivity index is 1.66. The van der Waals surface area contributed by atoms with Gasteiger partial charge in [-0.05, 0) is 43.3 Å². The molecule has 164 valence electrons. The minimum Gasteiger partial charge on any atom is -0.497 e. The molecule has 0 saturated heterocycles. The average Bonchev–Trinajstić information content (AvgIpc) is 3.11. The quantitative estimate of drug-likeness (QED) is 0.471. The number of carbonyl (C=O) groups excluding carboxylic acids is 1. The molecule has 0 aliphatic carbocycles. The van der Waals surface area contributed by atoms with E-state index >= 15 is 0 Å². The molecule has 0 unspecified atom stereocenters. The zero-order valence-corrected chi connectivity index (χ0v) is 18.3. The summed E-state index contributed by atoms with van der Waals surface area (Å²) in [5, 5.41) is 11.4. The summed E-state index contributed by atoms with van der Waals surface area (Å²) >= 11 is 1.82. The van der Waals surface area contributed by atoms with Crippen LogP contribution in [0.15, 0.2) is 58.6 Å². The lowest BCUT2D eigenvalue weighted by Crippen LogP contribution is -2.16. The zero-order valence-electron chi connectivity index (χ0n) is 16.6. The molecule has 0 saturated carbocycles. The van der Waals surface area contributed by atoms with E-state index in [1.54, 1.807) is 38.3 Å². The summed E-state index contributed by atoms with van der Waals surface area (Å²) in [6.07, 6.45) is -4.29. The van der Waals surface area contributed by atoms with Gasteiger partial charge in [0, 0.05) is 10.6 Å². The van der Waals surface area contributed by atoms with Crippen LogP contribution in [0.2, 0.25) is 0 Å². The number of aryl methyl sites for hydroxylation is 1. The predicted octanol–water partition coefficient (Wildman–Crippen LogP) is 4.97. The molecule has 2 aromatic carbocycles. The molecular weight excluding hydrogens is 449 g/mol. The van der Waals surface area contributed by atoms with Crippen LogP contribution in [0.5, 0.6) is 5.75 Å². The third kappa shape index (κ3) is 6.41. The average molecular weight is 469 g/mol. The molecule has 1 aromatic heterocycles. The molecular formula is C20H19F3N4O2S2. The summed E-state index contributed by atoms with van der Waals surface area (Å²) < 4.78 is 44.6. The number of alkyl halides is 3. The van der Waals surface area contributed by atoms with Crippen LogP contribution in [0.3, 0.4) is 0 Å². The van der Waals surface area contributed by atoms with Gasteiger partial charge in [-0.25, -0.2) is 0 Å². The lowest BCUT2D eigenvalue weighted by Gasteiger charge is -2.12. The third-order valence-electron chi connectivity index (χ3n) is 4.01. The van der Waals surface area contributed by atoms with E-state index in [2.05, 4.69) is 15.5 Å². The summed E-state index contributed by atoms with van der Waals surface area (Å²) in [7, 11) is 1.58. The van der Waals surface area contributed by atoms with Crippen LogP contribution in [0, 0.1) is 6.92 Å². The SMILES string of the molecule is COc1ccc(-n2c(C)nnc2SCC(=O)Nc2ccccc2SCC(F)(F)F)cc1. The molecule has 1 heterocycles. The Hall–Kier alpha value is -2.66. The van der Waals surface area contributed by atoms with Crippen LogP contribution in [0.25, 0.3) is 5.69 Å². The Labute approximate surface area is 185 Å². The molecule has 0 aliphatic rings. The number of halogens is 3. The molecule has 6 nitrogen and oxygen atoms in total. The molecule has 0 atom stereocenters. The Kier molecular flexibility index (Phi) is 7.50. The monoisotopic (exact) mass is 468 g/mol. The number of amides is 1. The van der Waals surface area contributed by atoms with E-state index in [4.69, 9.17) is 4.74 Å². The Morgan fingerprint density at radius 2 is 1.81 bits per heavy atom. The van der Waals surface area contributed by atoms with Gasteiger partial charge in [-0.2, -0.15) is 13.2 Å². The second kappa shape index (κ2) is 10.1. The van der Waals surface area contributed by atoms with E-state index in [1.807, 2.05) is 28.8 Å². The molecule has 0 bridgehead atoms. The minimum atomic E-state index is -4.29. The van der Waals surface area contributed by atoms with Crippen molar-refractivity contribution in [2.45, 2.75) is 23.2 Å². The number of aromatic nitrogens is 3. The minimum absolute atomic E-state index is 0.0204. The normalized spacial score (nSPS) is 11.4. The van der Waals surface area contributed by atoms with E-state index in [0.29, 0.717) is 39.1 Å². The van der Waals surface area contributed by atoms with Crippen molar-refractivity contribution in [3.8, 4) is 11.4 Å². The number of nitrogens with zero attached hydrogens (tertiary/aromatic N) is 3. The molecule has 0 radical (unpaired) electrons. The summed E-state index contributed by atoms with van der Waals surface area (Å²) in [6, 6.07) is 13.7. The number of carbonyl (C=O) groups is 1. The Bertz CT molecular complexity index is 1040. The Morgan fingerprint density at radius 3 is 2.48 bits per heavy atom. The predicted molar refractivity (Wildman–Crippen MR) is 115 cm³/mol. The first kappa shape index (κ1) is 23.0. The van der Waals surface area contributed by atoms with E-state index in [9.17, 15) is 18.0 Å². The standard InChI is InChI=1S/C20H19F3N4O2S2/c1-13-25-26-19(27(13)14-7-9-15(29-2)10-8-14)30-11-18(28)24-16-5-3-4-6-17(16)31-12-20(21,22)23/h3-10H,11-12H2,1-2H3,(H,24,28). The summed E-state index contributed by atoms with van der Waals surface area (Å²) in [5.41, 5.74) is 1.16. The van der Waals surface area contributed by atoms with Crippen LogP contribution in [0.1, 0.15) is 5.82 Å². The van der Waals surface area contributed by atoms with Crippen LogP contribution in [-0.4, -0.2) is 45.5 Å². The maximum atomic E-state index is 12.5. The van der Waals surface area contributed by atoms with Crippen molar-refractivity contribution in [3.05, 3.63) is 54.4 Å². The van der Waals surface area contributed by atoms with Gasteiger partial charge in [0.05, 0.1) is 24.3 Å². The molecule has 0 fully saturated rings. The van der Waals surface area contributed by atoms with Gasteiger partial charge < -0.3 is 10.1 Å². The fraction of sp³-hybridized carbons (Fsp3) is 0.250. The first-order valence-electron chi connectivity index (χ1n) is 9.04. The summed E-state index contributed by atoms with van der Waals surface area (Å²) in [6.45, 7) is 1.80. The number of hydrogen-bond donors (Lipinski definition) is 1. The van der Waals surface area contributed by atoms with Gasteiger partial charge in [0.25, 0.3) is 0 Å². The number of ether oxygens (including phenoxy) is 1. The molecule has 1 amide bonds. The molecule has 3 rings (SSSR count). The Morgan fingerprint density at radius 1 is 1.10 bits per heavy atom. The topological polar surface area (TPSA) is 69.0 Å². The van der Waals surface area contributed by atoms with Crippen LogP contribution < -0.4 is 10.1 Å². The fourth-order valence-corrected chi connectivity index (χ4v) is 4.20. The van der Waals surface area contributed by atoms with Crippen molar-refractivity contribution >= 4 is 35.1 Å². The molecule has 3 aromatic rings. The number of methoxy groups -OCH3 is 1. The van der Waals surface area contributed by atoms with Crippen molar-refractivity contribution < 1.29 is 22.7 Å². The largest absolute Gasteiger partial charge is 0.497 e. The molecule has 11 heteroatoms. The number of rotatable bonds is 8. The van der Waals surface area contributed by atoms with Gasteiger partial charge in [0.1, 0.15) is 11.6 Å². The van der Waals surface area contributed by atoms with Crippen molar-refractivity contribution in [1.29, 1.82) is 0 Å². The van der Waals surface area contributed by atoms with Gasteiger partial charge in [-0.1, -0.05) is 23.9 Å². The zero-order chi connectivity index (χ0) is 22.4. The number of anilines is 1. The van der Waals surface area contributed by atoms with Crippen LogP contribution >= 0.6 is 23.5 Å². The second-order valence-electron chi connectivity index (χ2n) is 6.30. The highest BCUT2D eigenvalue weighted by molar-refractivity contribution is 8.00. The van der Waals surface area contributed by atoms with Gasteiger partial charge in [0.2, 0.25) is 5.91 Å². The lowest BCUT2D eigenvalue weighted by atomic mass is 10.3. The van der Waals surface area contributed by atoms with E-state index in [-0.39, 0.29) is 11.7 Å². The summed E-state index contributed by atoms with van der Waals surface area (Å²) in [4.78, 5) is 12.8. The van der Waals surface area contributed by atoms with Crippen molar-refractivity contribution in [2.24, 2.45) is 0 Å². The molecule has 0 aliphatic heterocycles. The van der Waals surface area contributed by atoms with E-state index in [1.165, 1.54) is 11.8 Å². The number of para-hydroxylation sites is 1. The molecule has 31 heavy (non-hydrogen) atoms. The van der Waals surface area contributed by atoms with Gasteiger partial charge >= 0.3 is 6.18 Å². The highest BCUT2D eigenvalue weighted by Crippen LogP contribution is 2.32. The van der Waals surface area contributed by atoms with E-state index < -0.39 is 11.9 Å². The molecule has 0 spiro atoms. The number of nitrogens with one attached hydrogen (secondary N) is 1. The van der Waals surface area contributed by atoms with Crippen molar-refractivity contribution in [2.75, 3.05) is 23.9 Å². The van der Waals surface area contributed by atoms with Crippen LogP contribution in [0.4, 0.5) is 18.9 Å². The number of hydrogen-bond acceptors (Lipinski definition) is 6. The first-order valence-corrected chi connectivity index (χ1v) is 11.0. The highest BCUT2D eigenvalue weighted by atomic mass is 32.2. The number of benzene rings is 2. The second-order valence-corrected chi connectivity index (χ2v) is 8.26. The first-order chi connectivity index (χ1) is 14.8. The maximum absolute atomic E-state index is 12.5. The van der Waals surface area contributed by atoms with Crippen LogP contribution in [-0.2, 0) is 4.79 Å². The smallest absolute Gasteiger partial charge is 0.398 e. The third-order valence-corrected chi connectivity index (χ3v) is 6.08. The maximum Gasteiger partial charge on any atom is 0.398 e. The summed E-state index contributed by atoms with van der Waals surface area (Å²) in [5.74, 6) is 0.00454. The van der Waals surface area contributed by atoms with Crippen molar-refractivity contribution in [1.82, 2.24) is 14.8 Å². The van der Waals surface area contributed by atoms with Gasteiger partial charge in [-0.3, -0.25) is 9.36 Å². The lowest BCUT2D eigenvalue weighted by molar-refractivity contribution is -0.113. The highest BCUT2D eigenvalue weighted by Gasteiger charge is 2.27. The number of thioether (sulfide) groups is 2.